The summed E-state index contributed by atoms with van der Waals surface area (Å²) in [6.07, 6.45) is 5.13. The van der Waals surface area contributed by atoms with Gasteiger partial charge in [0.05, 0.1) is 0 Å². The van der Waals surface area contributed by atoms with Gasteiger partial charge in [-0.15, -0.1) is 0 Å². The molecule has 0 saturated heterocycles. The van der Waals surface area contributed by atoms with E-state index < -0.39 is 0 Å². The number of ketones is 1. The van der Waals surface area contributed by atoms with E-state index in [0.29, 0.717) is 6.42 Å². The molecule has 0 heterocycles. The Morgan fingerprint density at radius 2 is 2.00 bits per heavy atom. The van der Waals surface area contributed by atoms with Crippen LogP contribution in [0.25, 0.3) is 6.08 Å². The van der Waals surface area contributed by atoms with Crippen LogP contribution in [0.2, 0.25) is 0 Å². The lowest BCUT2D eigenvalue weighted by atomic mass is 10.1. The third-order valence-corrected chi connectivity index (χ3v) is 1.84. The molecule has 0 amide bonds. The number of rotatable bonds is 4. The van der Waals surface area contributed by atoms with Gasteiger partial charge in [0.2, 0.25) is 0 Å². The minimum Gasteiger partial charge on any atom is -0.300 e. The zero-order chi connectivity index (χ0) is 10.4. The number of hydrogen-bond acceptors (Lipinski definition) is 1. The van der Waals surface area contributed by atoms with Crippen molar-refractivity contribution in [1.82, 2.24) is 0 Å². The van der Waals surface area contributed by atoms with E-state index in [4.69, 9.17) is 0 Å². The largest absolute Gasteiger partial charge is 0.300 e. The number of allylic oxidation sites excluding steroid dienone is 1. The van der Waals surface area contributed by atoms with Crippen molar-refractivity contribution in [3.8, 4) is 0 Å². The van der Waals surface area contributed by atoms with Crippen molar-refractivity contribution < 1.29 is 9.18 Å². The highest BCUT2D eigenvalue weighted by Gasteiger charge is 1.90. The van der Waals surface area contributed by atoms with E-state index in [9.17, 15) is 9.18 Å². The van der Waals surface area contributed by atoms with E-state index in [1.54, 1.807) is 19.1 Å². The van der Waals surface area contributed by atoms with Gasteiger partial charge in [0, 0.05) is 6.42 Å². The molecule has 0 spiro atoms. The molecule has 0 N–H and O–H groups in total. The van der Waals surface area contributed by atoms with Crippen LogP contribution in [0.4, 0.5) is 4.39 Å². The van der Waals surface area contributed by atoms with Crippen molar-refractivity contribution in [2.75, 3.05) is 0 Å². The lowest BCUT2D eigenvalue weighted by Crippen LogP contribution is -1.86. The molecule has 0 fully saturated rings. The molecule has 0 radical (unpaired) electrons. The van der Waals surface area contributed by atoms with Gasteiger partial charge in [-0.3, -0.25) is 0 Å². The predicted octanol–water partition coefficient (Wildman–Crippen LogP) is 3.21. The van der Waals surface area contributed by atoms with Gasteiger partial charge in [-0.2, -0.15) is 0 Å². The monoisotopic (exact) mass is 192 g/mol. The predicted molar refractivity (Wildman–Crippen MR) is 55.3 cm³/mol. The van der Waals surface area contributed by atoms with Crippen LogP contribution in [0, 0.1) is 5.82 Å². The van der Waals surface area contributed by atoms with E-state index in [-0.39, 0.29) is 11.6 Å². The van der Waals surface area contributed by atoms with Crippen molar-refractivity contribution in [1.29, 1.82) is 0 Å². The average molecular weight is 192 g/mol. The standard InChI is InChI=1S/C12H13FO/c1-10(14)4-2-3-5-11-6-8-12(13)9-7-11/h3,5-9H,2,4H2,1H3/b5-3-. The fraction of sp³-hybridized carbons (Fsp3) is 0.250. The molecule has 0 aliphatic carbocycles. The second kappa shape index (κ2) is 5.32. The molecule has 0 unspecified atom stereocenters. The fourth-order valence-corrected chi connectivity index (χ4v) is 1.08. The van der Waals surface area contributed by atoms with E-state index in [0.717, 1.165) is 12.0 Å². The van der Waals surface area contributed by atoms with Crippen LogP contribution in [0.15, 0.2) is 30.3 Å². The summed E-state index contributed by atoms with van der Waals surface area (Å²) in [5.74, 6) is -0.0420. The Morgan fingerprint density at radius 1 is 1.36 bits per heavy atom. The molecule has 74 valence electrons. The Hall–Kier alpha value is -1.44. The van der Waals surface area contributed by atoms with E-state index >= 15 is 0 Å². The molecule has 1 aromatic carbocycles. The van der Waals surface area contributed by atoms with Gasteiger partial charge < -0.3 is 4.79 Å². The Labute approximate surface area is 83.3 Å². The number of hydrogen-bond donors (Lipinski definition) is 0. The Bertz CT molecular complexity index is 325. The molecule has 0 aliphatic rings. The first-order chi connectivity index (χ1) is 6.68. The Morgan fingerprint density at radius 3 is 2.57 bits per heavy atom. The molecule has 1 nitrogen and oxygen atoms in total. The summed E-state index contributed by atoms with van der Waals surface area (Å²) in [5.41, 5.74) is 0.954. The first kappa shape index (κ1) is 10.6. The van der Waals surface area contributed by atoms with Crippen LogP contribution in [0.3, 0.4) is 0 Å². The normalized spacial score (nSPS) is 10.7. The third kappa shape index (κ3) is 3.99. The number of halogens is 1. The van der Waals surface area contributed by atoms with Crippen molar-refractivity contribution in [3.63, 3.8) is 0 Å². The van der Waals surface area contributed by atoms with Gasteiger partial charge in [0.1, 0.15) is 11.6 Å². The van der Waals surface area contributed by atoms with Gasteiger partial charge >= 0.3 is 0 Å². The van der Waals surface area contributed by atoms with Crippen LogP contribution < -0.4 is 0 Å². The molecule has 0 aromatic heterocycles. The summed E-state index contributed by atoms with van der Waals surface area (Å²) < 4.78 is 12.5. The summed E-state index contributed by atoms with van der Waals surface area (Å²) in [4.78, 5) is 10.6. The zero-order valence-electron chi connectivity index (χ0n) is 8.16. The van der Waals surface area contributed by atoms with Crippen molar-refractivity contribution >= 4 is 11.9 Å². The van der Waals surface area contributed by atoms with Gasteiger partial charge in [-0.25, -0.2) is 4.39 Å². The summed E-state index contributed by atoms with van der Waals surface area (Å²) >= 11 is 0. The van der Waals surface area contributed by atoms with Gasteiger partial charge in [0.25, 0.3) is 0 Å². The lowest BCUT2D eigenvalue weighted by Gasteiger charge is -1.92. The van der Waals surface area contributed by atoms with Crippen molar-refractivity contribution in [3.05, 3.63) is 41.7 Å². The van der Waals surface area contributed by atoms with Crippen LogP contribution in [0.5, 0.6) is 0 Å². The van der Waals surface area contributed by atoms with Gasteiger partial charge in [-0.1, -0.05) is 24.3 Å². The number of benzene rings is 1. The first-order valence-corrected chi connectivity index (χ1v) is 4.60. The lowest BCUT2D eigenvalue weighted by molar-refractivity contribution is -0.116. The van der Waals surface area contributed by atoms with Crippen molar-refractivity contribution in [2.45, 2.75) is 19.8 Å². The highest BCUT2D eigenvalue weighted by Crippen LogP contribution is 2.05. The molecule has 0 bridgehead atoms. The molecule has 14 heavy (non-hydrogen) atoms. The number of Topliss-reactive ketones (excluding diaryl/α,β-unsaturated/α-hetero) is 1. The van der Waals surface area contributed by atoms with E-state index in [2.05, 4.69) is 0 Å². The van der Waals surface area contributed by atoms with E-state index in [1.807, 2.05) is 12.2 Å². The second-order valence-corrected chi connectivity index (χ2v) is 3.19. The van der Waals surface area contributed by atoms with E-state index in [1.165, 1.54) is 12.1 Å². The average Bonchev–Trinajstić information content (AvgIpc) is 2.15. The maximum atomic E-state index is 12.5. The number of carbonyl (C=O) groups excluding carboxylic acids is 1. The smallest absolute Gasteiger partial charge is 0.130 e. The first-order valence-electron chi connectivity index (χ1n) is 4.60. The third-order valence-electron chi connectivity index (χ3n) is 1.84. The van der Waals surface area contributed by atoms with Gasteiger partial charge in [-0.05, 0) is 31.0 Å². The Kier molecular flexibility index (Phi) is 4.05. The molecular weight excluding hydrogens is 179 g/mol. The molecule has 2 heteroatoms. The summed E-state index contributed by atoms with van der Waals surface area (Å²) in [6.45, 7) is 1.58. The maximum absolute atomic E-state index is 12.5. The summed E-state index contributed by atoms with van der Waals surface area (Å²) in [6, 6.07) is 6.26. The van der Waals surface area contributed by atoms with Crippen LogP contribution >= 0.6 is 0 Å². The van der Waals surface area contributed by atoms with Crippen molar-refractivity contribution in [2.24, 2.45) is 0 Å². The molecule has 1 rings (SSSR count). The highest BCUT2D eigenvalue weighted by atomic mass is 19.1. The number of carbonyl (C=O) groups is 1. The minimum absolute atomic E-state index is 0.189. The molecule has 0 saturated carbocycles. The summed E-state index contributed by atoms with van der Waals surface area (Å²) in [5, 5.41) is 0. The van der Waals surface area contributed by atoms with Gasteiger partial charge in [0.15, 0.2) is 0 Å². The maximum Gasteiger partial charge on any atom is 0.130 e. The Balaban J connectivity index is 2.44. The fourth-order valence-electron chi connectivity index (χ4n) is 1.08. The SMILES string of the molecule is CC(=O)CC/C=C\c1ccc(F)cc1. The quantitative estimate of drug-likeness (QED) is 0.715. The molecule has 0 atom stereocenters. The van der Waals surface area contributed by atoms with Crippen LogP contribution in [-0.4, -0.2) is 5.78 Å². The zero-order valence-corrected chi connectivity index (χ0v) is 8.16. The molecule has 1 aromatic rings. The van der Waals surface area contributed by atoms with Crippen LogP contribution in [-0.2, 0) is 4.79 Å². The second-order valence-electron chi connectivity index (χ2n) is 3.19. The minimum atomic E-state index is -0.231. The summed E-state index contributed by atoms with van der Waals surface area (Å²) in [7, 11) is 0. The molecule has 0 aliphatic heterocycles. The van der Waals surface area contributed by atoms with Crippen LogP contribution in [0.1, 0.15) is 25.3 Å². The molecular formula is C12H13FO. The highest BCUT2D eigenvalue weighted by molar-refractivity contribution is 5.75. The topological polar surface area (TPSA) is 17.1 Å².